The molecule has 3 N–H and O–H groups in total. The molecular weight excluding hydrogens is 369 g/mol. The molecule has 0 saturated carbocycles. The maximum absolute atomic E-state index is 13.1. The molecule has 0 aliphatic heterocycles. The van der Waals surface area contributed by atoms with E-state index in [1.165, 1.54) is 0 Å². The molecule has 0 saturated heterocycles. The average Bonchev–Trinajstić information content (AvgIpc) is 2.47. The second kappa shape index (κ2) is 6.23. The van der Waals surface area contributed by atoms with Crippen molar-refractivity contribution in [1.82, 2.24) is 15.0 Å². The van der Waals surface area contributed by atoms with Crippen LogP contribution < -0.4 is 21.4 Å². The summed E-state index contributed by atoms with van der Waals surface area (Å²) in [6.07, 6.45) is -3.93. The van der Waals surface area contributed by atoms with Crippen LogP contribution in [0, 0.1) is 0 Å². The highest BCUT2D eigenvalue weighted by Gasteiger charge is 2.34. The lowest BCUT2D eigenvalue weighted by Gasteiger charge is -2.14. The molecule has 0 fully saturated rings. The van der Waals surface area contributed by atoms with Gasteiger partial charge in [-0.3, -0.25) is 9.59 Å². The standard InChI is InChI=1S/C12H11F3N4O5S/c1-25(23,24)18-19-10(21)7-2-6(4-16-5-20)8(12(13,14)15)3-9(7)17-11(19)22/h2-3,5,18H,4H2,1H3,(H,16,20)(H,17,22). The summed E-state index contributed by atoms with van der Waals surface area (Å²) >= 11 is 0. The summed E-state index contributed by atoms with van der Waals surface area (Å²) in [4.78, 5) is 38.1. The minimum absolute atomic E-state index is 0.127. The zero-order valence-corrected chi connectivity index (χ0v) is 13.3. The third kappa shape index (κ3) is 3.99. The lowest BCUT2D eigenvalue weighted by Crippen LogP contribution is -2.43. The first-order valence-electron chi connectivity index (χ1n) is 6.48. The van der Waals surface area contributed by atoms with Crippen LogP contribution >= 0.6 is 0 Å². The number of fused-ring (bicyclic) bond motifs is 1. The summed E-state index contributed by atoms with van der Waals surface area (Å²) in [6, 6.07) is 1.37. The van der Waals surface area contributed by atoms with E-state index < -0.39 is 50.6 Å². The normalized spacial score (nSPS) is 12.2. The van der Waals surface area contributed by atoms with Gasteiger partial charge in [-0.05, 0) is 17.7 Å². The zero-order chi connectivity index (χ0) is 19.0. The fraction of sp³-hybridized carbons (Fsp3) is 0.250. The Morgan fingerprint density at radius 3 is 2.44 bits per heavy atom. The molecule has 9 nitrogen and oxygen atoms in total. The summed E-state index contributed by atoms with van der Waals surface area (Å²) in [5.41, 5.74) is -4.43. The summed E-state index contributed by atoms with van der Waals surface area (Å²) in [7, 11) is -3.99. The van der Waals surface area contributed by atoms with Crippen molar-refractivity contribution in [2.24, 2.45) is 0 Å². The number of aromatic nitrogens is 2. The van der Waals surface area contributed by atoms with E-state index in [0.29, 0.717) is 12.3 Å². The summed E-state index contributed by atoms with van der Waals surface area (Å²) in [6.45, 7) is -0.521. The molecule has 136 valence electrons. The van der Waals surface area contributed by atoms with E-state index in [4.69, 9.17) is 0 Å². The van der Waals surface area contributed by atoms with Gasteiger partial charge in [0.1, 0.15) is 0 Å². The Labute approximate surface area is 137 Å². The van der Waals surface area contributed by atoms with E-state index in [2.05, 4.69) is 5.32 Å². The lowest BCUT2D eigenvalue weighted by atomic mass is 10.0. The molecule has 2 rings (SSSR count). The summed E-state index contributed by atoms with van der Waals surface area (Å²) in [5, 5.41) is 1.68. The number of nitrogens with one attached hydrogen (secondary N) is 3. The van der Waals surface area contributed by atoms with Gasteiger partial charge in [0.05, 0.1) is 22.7 Å². The number of carbonyl (C=O) groups is 1. The van der Waals surface area contributed by atoms with Gasteiger partial charge in [0.25, 0.3) is 5.56 Å². The number of halogens is 3. The molecule has 0 bridgehead atoms. The molecule has 0 aliphatic rings. The predicted molar refractivity (Wildman–Crippen MR) is 80.9 cm³/mol. The molecule has 25 heavy (non-hydrogen) atoms. The number of rotatable bonds is 5. The maximum Gasteiger partial charge on any atom is 0.416 e. The third-order valence-corrected chi connectivity index (χ3v) is 3.57. The van der Waals surface area contributed by atoms with Gasteiger partial charge >= 0.3 is 11.9 Å². The zero-order valence-electron chi connectivity index (χ0n) is 12.5. The average molecular weight is 380 g/mol. The Balaban J connectivity index is 2.82. The van der Waals surface area contributed by atoms with Crippen molar-refractivity contribution in [2.75, 3.05) is 11.1 Å². The highest BCUT2D eigenvalue weighted by molar-refractivity contribution is 7.91. The van der Waals surface area contributed by atoms with Crippen LogP contribution in [0.1, 0.15) is 11.1 Å². The number of amides is 1. The maximum atomic E-state index is 13.1. The number of aromatic amines is 1. The van der Waals surface area contributed by atoms with Gasteiger partial charge in [-0.2, -0.15) is 17.8 Å². The van der Waals surface area contributed by atoms with E-state index in [0.717, 1.165) is 6.07 Å². The first-order valence-corrected chi connectivity index (χ1v) is 8.37. The number of carbonyl (C=O) groups excluding carboxylic acids is 1. The number of nitrogens with zero attached hydrogens (tertiary/aromatic N) is 1. The quantitative estimate of drug-likeness (QED) is 0.600. The largest absolute Gasteiger partial charge is 0.416 e. The lowest BCUT2D eigenvalue weighted by molar-refractivity contribution is -0.138. The Morgan fingerprint density at radius 1 is 1.28 bits per heavy atom. The number of benzene rings is 1. The molecule has 1 aromatic carbocycles. The summed E-state index contributed by atoms with van der Waals surface area (Å²) in [5.74, 6) is 0. The first kappa shape index (κ1) is 18.5. The van der Waals surface area contributed by atoms with Crippen molar-refractivity contribution in [3.8, 4) is 0 Å². The molecule has 0 radical (unpaired) electrons. The highest BCUT2D eigenvalue weighted by Crippen LogP contribution is 2.33. The number of sulfonamides is 1. The van der Waals surface area contributed by atoms with Crippen LogP contribution in [0.15, 0.2) is 21.7 Å². The minimum Gasteiger partial charge on any atom is -0.355 e. The predicted octanol–water partition coefficient (Wildman–Crippen LogP) is -0.542. The molecule has 0 unspecified atom stereocenters. The number of alkyl halides is 3. The Kier molecular flexibility index (Phi) is 4.61. The van der Waals surface area contributed by atoms with E-state index in [1.54, 1.807) is 4.83 Å². The van der Waals surface area contributed by atoms with Gasteiger partial charge in [-0.25, -0.2) is 18.0 Å². The van der Waals surface area contributed by atoms with Gasteiger partial charge in [0.2, 0.25) is 16.4 Å². The van der Waals surface area contributed by atoms with Gasteiger partial charge in [0, 0.05) is 6.54 Å². The van der Waals surface area contributed by atoms with E-state index in [-0.39, 0.29) is 16.5 Å². The third-order valence-electron chi connectivity index (χ3n) is 3.06. The SMILES string of the molecule is CS(=O)(=O)Nn1c(=O)[nH]c2cc(C(F)(F)F)c(CNC=O)cc2c1=O. The van der Waals surface area contributed by atoms with Crippen LogP contribution in [0.25, 0.3) is 10.9 Å². The Bertz CT molecular complexity index is 1060. The van der Waals surface area contributed by atoms with Gasteiger partial charge < -0.3 is 10.3 Å². The number of H-pyrrole nitrogens is 1. The second-order valence-corrected chi connectivity index (χ2v) is 6.71. The van der Waals surface area contributed by atoms with Gasteiger partial charge in [-0.15, -0.1) is 0 Å². The van der Waals surface area contributed by atoms with E-state index in [9.17, 15) is 36.0 Å². The van der Waals surface area contributed by atoms with Crippen LogP contribution in [-0.2, 0) is 27.5 Å². The van der Waals surface area contributed by atoms with Crippen LogP contribution in [0.2, 0.25) is 0 Å². The molecule has 2 aromatic rings. The molecule has 1 heterocycles. The van der Waals surface area contributed by atoms with Crippen molar-refractivity contribution in [3.63, 3.8) is 0 Å². The van der Waals surface area contributed by atoms with Gasteiger partial charge in [0.15, 0.2) is 0 Å². The van der Waals surface area contributed by atoms with Crippen LogP contribution in [0.3, 0.4) is 0 Å². The first-order chi connectivity index (χ1) is 11.4. The van der Waals surface area contributed by atoms with Crippen molar-refractivity contribution < 1.29 is 26.4 Å². The molecule has 1 amide bonds. The van der Waals surface area contributed by atoms with Crippen LogP contribution in [0.4, 0.5) is 13.2 Å². The smallest absolute Gasteiger partial charge is 0.355 e. The van der Waals surface area contributed by atoms with Crippen LogP contribution in [-0.4, -0.2) is 30.7 Å². The molecule has 13 heteroatoms. The summed E-state index contributed by atoms with van der Waals surface area (Å²) < 4.78 is 61.9. The highest BCUT2D eigenvalue weighted by atomic mass is 32.2. The second-order valence-electron chi connectivity index (χ2n) is 4.99. The minimum atomic E-state index is -4.80. The van der Waals surface area contributed by atoms with Crippen molar-refractivity contribution in [2.45, 2.75) is 12.7 Å². The number of hydrogen-bond donors (Lipinski definition) is 3. The van der Waals surface area contributed by atoms with Crippen molar-refractivity contribution >= 4 is 27.3 Å². The van der Waals surface area contributed by atoms with Crippen molar-refractivity contribution in [3.05, 3.63) is 44.1 Å². The molecule has 0 atom stereocenters. The van der Waals surface area contributed by atoms with Crippen LogP contribution in [0.5, 0.6) is 0 Å². The topological polar surface area (TPSA) is 130 Å². The Morgan fingerprint density at radius 2 is 1.92 bits per heavy atom. The molecule has 1 aromatic heterocycles. The molecular formula is C12H11F3N4O5S. The Hall–Kier alpha value is -2.83. The van der Waals surface area contributed by atoms with E-state index >= 15 is 0 Å². The van der Waals surface area contributed by atoms with Crippen molar-refractivity contribution in [1.29, 1.82) is 0 Å². The molecule has 0 aliphatic carbocycles. The van der Waals surface area contributed by atoms with E-state index in [1.807, 2.05) is 4.98 Å². The fourth-order valence-corrected chi connectivity index (χ4v) is 2.62. The monoisotopic (exact) mass is 380 g/mol. The van der Waals surface area contributed by atoms with Gasteiger partial charge in [-0.1, -0.05) is 0 Å². The molecule has 0 spiro atoms. The number of hydrogen-bond acceptors (Lipinski definition) is 5. The fourth-order valence-electron chi connectivity index (χ4n) is 2.12.